The van der Waals surface area contributed by atoms with Crippen molar-refractivity contribution < 1.29 is 4.74 Å². The van der Waals surface area contributed by atoms with Crippen molar-refractivity contribution in [3.8, 4) is 5.75 Å². The lowest BCUT2D eigenvalue weighted by Gasteiger charge is -2.21. The second kappa shape index (κ2) is 5.64. The van der Waals surface area contributed by atoms with Crippen molar-refractivity contribution in [1.29, 1.82) is 0 Å². The lowest BCUT2D eigenvalue weighted by Crippen LogP contribution is -2.11. The van der Waals surface area contributed by atoms with E-state index in [4.69, 9.17) is 4.74 Å². The molecule has 0 unspecified atom stereocenters. The summed E-state index contributed by atoms with van der Waals surface area (Å²) in [4.78, 5) is 0. The molecule has 0 spiro atoms. The lowest BCUT2D eigenvalue weighted by molar-refractivity contribution is 0.312. The first-order chi connectivity index (χ1) is 9.02. The predicted molar refractivity (Wildman–Crippen MR) is 83.1 cm³/mol. The van der Waals surface area contributed by atoms with E-state index in [0.29, 0.717) is 0 Å². The molecule has 0 atom stereocenters. The van der Waals surface area contributed by atoms with Gasteiger partial charge >= 0.3 is 0 Å². The second-order valence-electron chi connectivity index (χ2n) is 6.15. The molecule has 0 aliphatic rings. The summed E-state index contributed by atoms with van der Waals surface area (Å²) in [6.07, 6.45) is 2.27. The van der Waals surface area contributed by atoms with Crippen LogP contribution in [0.15, 0.2) is 36.4 Å². The second-order valence-corrected chi connectivity index (χ2v) is 6.15. The Morgan fingerprint density at radius 2 is 1.79 bits per heavy atom. The maximum absolute atomic E-state index is 6.00. The van der Waals surface area contributed by atoms with Crippen LogP contribution in [-0.2, 0) is 5.41 Å². The molecule has 2 aromatic rings. The Morgan fingerprint density at radius 3 is 2.47 bits per heavy atom. The minimum absolute atomic E-state index is 0.146. The fourth-order valence-corrected chi connectivity index (χ4v) is 2.15. The van der Waals surface area contributed by atoms with Crippen molar-refractivity contribution >= 4 is 10.8 Å². The smallest absolute Gasteiger partial charge is 0.127 e. The van der Waals surface area contributed by atoms with Gasteiger partial charge in [0.15, 0.2) is 0 Å². The molecule has 2 aromatic carbocycles. The van der Waals surface area contributed by atoms with Crippen LogP contribution in [0.1, 0.15) is 46.1 Å². The normalized spacial score (nSPS) is 11.8. The van der Waals surface area contributed by atoms with Crippen molar-refractivity contribution in [1.82, 2.24) is 0 Å². The Kier molecular flexibility index (Phi) is 4.14. The molecule has 2 rings (SSSR count). The molecule has 1 heteroatoms. The van der Waals surface area contributed by atoms with E-state index in [9.17, 15) is 0 Å². The molecule has 0 fully saturated rings. The maximum atomic E-state index is 6.00. The number of unbranched alkanes of at least 4 members (excludes halogenated alkanes) is 1. The molecule has 0 radical (unpaired) electrons. The van der Waals surface area contributed by atoms with Crippen LogP contribution < -0.4 is 4.74 Å². The van der Waals surface area contributed by atoms with Gasteiger partial charge in [-0.2, -0.15) is 0 Å². The Balaban J connectivity index is 2.46. The topological polar surface area (TPSA) is 9.23 Å². The maximum Gasteiger partial charge on any atom is 0.127 e. The highest BCUT2D eigenvalue weighted by Gasteiger charge is 2.16. The number of fused-ring (bicyclic) bond motifs is 1. The standard InChI is InChI=1S/C18H24O/c1-5-6-11-19-17-13-15(18(2,3)4)12-14-9-7-8-10-16(14)17/h7-10,12-13H,5-6,11H2,1-4H3. The van der Waals surface area contributed by atoms with Crippen molar-refractivity contribution in [3.63, 3.8) is 0 Å². The summed E-state index contributed by atoms with van der Waals surface area (Å²) in [5, 5.41) is 2.48. The highest BCUT2D eigenvalue weighted by atomic mass is 16.5. The minimum atomic E-state index is 0.146. The van der Waals surface area contributed by atoms with Crippen LogP contribution in [0.5, 0.6) is 5.75 Å². The zero-order valence-corrected chi connectivity index (χ0v) is 12.5. The predicted octanol–water partition coefficient (Wildman–Crippen LogP) is 5.32. The molecule has 0 heterocycles. The molecule has 0 saturated heterocycles. The Bertz CT molecular complexity index is 549. The monoisotopic (exact) mass is 256 g/mol. The van der Waals surface area contributed by atoms with E-state index in [1.165, 1.54) is 16.3 Å². The molecule has 102 valence electrons. The van der Waals surface area contributed by atoms with E-state index in [2.05, 4.69) is 64.1 Å². The molecule has 0 N–H and O–H groups in total. The summed E-state index contributed by atoms with van der Waals surface area (Å²) in [5.41, 5.74) is 1.48. The summed E-state index contributed by atoms with van der Waals surface area (Å²) in [6.45, 7) is 9.72. The largest absolute Gasteiger partial charge is 0.493 e. The highest BCUT2D eigenvalue weighted by molar-refractivity contribution is 5.89. The van der Waals surface area contributed by atoms with Gasteiger partial charge in [-0.3, -0.25) is 0 Å². The van der Waals surface area contributed by atoms with E-state index in [1.54, 1.807) is 0 Å². The summed E-state index contributed by atoms with van der Waals surface area (Å²) >= 11 is 0. The summed E-state index contributed by atoms with van der Waals surface area (Å²) in [5.74, 6) is 1.02. The third-order valence-corrected chi connectivity index (χ3v) is 3.45. The Morgan fingerprint density at radius 1 is 1.05 bits per heavy atom. The summed E-state index contributed by atoms with van der Waals surface area (Å²) in [6, 6.07) is 13.0. The average Bonchev–Trinajstić information content (AvgIpc) is 2.37. The quantitative estimate of drug-likeness (QED) is 0.673. The zero-order chi connectivity index (χ0) is 13.9. The van der Waals surface area contributed by atoms with Gasteiger partial charge in [0.25, 0.3) is 0 Å². The van der Waals surface area contributed by atoms with Crippen LogP contribution in [0.4, 0.5) is 0 Å². The molecule has 0 aliphatic carbocycles. The number of rotatable bonds is 4. The van der Waals surface area contributed by atoms with E-state index >= 15 is 0 Å². The molecule has 0 amide bonds. The van der Waals surface area contributed by atoms with Crippen LogP contribution >= 0.6 is 0 Å². The van der Waals surface area contributed by atoms with E-state index < -0.39 is 0 Å². The van der Waals surface area contributed by atoms with Gasteiger partial charge in [-0.25, -0.2) is 0 Å². The van der Waals surface area contributed by atoms with Gasteiger partial charge in [0.05, 0.1) is 6.61 Å². The van der Waals surface area contributed by atoms with Gasteiger partial charge in [-0.1, -0.05) is 64.4 Å². The van der Waals surface area contributed by atoms with E-state index in [0.717, 1.165) is 25.2 Å². The van der Waals surface area contributed by atoms with Gasteiger partial charge in [0.2, 0.25) is 0 Å². The van der Waals surface area contributed by atoms with Gasteiger partial charge < -0.3 is 4.74 Å². The summed E-state index contributed by atoms with van der Waals surface area (Å²) in [7, 11) is 0. The van der Waals surface area contributed by atoms with E-state index in [-0.39, 0.29) is 5.41 Å². The molecular formula is C18H24O. The van der Waals surface area contributed by atoms with Crippen LogP contribution in [-0.4, -0.2) is 6.61 Å². The SMILES string of the molecule is CCCCOc1cc(C(C)(C)C)cc2ccccc12. The van der Waals surface area contributed by atoms with Crippen molar-refractivity contribution in [2.24, 2.45) is 0 Å². The van der Waals surface area contributed by atoms with Gasteiger partial charge in [-0.05, 0) is 28.9 Å². The molecule has 0 saturated carbocycles. The lowest BCUT2D eigenvalue weighted by atomic mass is 9.85. The Hall–Kier alpha value is -1.50. The fraction of sp³-hybridized carbons (Fsp3) is 0.444. The molecule has 0 aliphatic heterocycles. The summed E-state index contributed by atoms with van der Waals surface area (Å²) < 4.78 is 6.00. The number of hydrogen-bond acceptors (Lipinski definition) is 1. The molecular weight excluding hydrogens is 232 g/mol. The Labute approximate surface area is 116 Å². The molecule has 19 heavy (non-hydrogen) atoms. The van der Waals surface area contributed by atoms with Crippen LogP contribution in [0, 0.1) is 0 Å². The van der Waals surface area contributed by atoms with Crippen LogP contribution in [0.25, 0.3) is 10.8 Å². The van der Waals surface area contributed by atoms with Gasteiger partial charge in [0.1, 0.15) is 5.75 Å². The van der Waals surface area contributed by atoms with Crippen molar-refractivity contribution in [2.45, 2.75) is 46.0 Å². The first kappa shape index (κ1) is 13.9. The highest BCUT2D eigenvalue weighted by Crippen LogP contribution is 2.33. The van der Waals surface area contributed by atoms with Crippen LogP contribution in [0.2, 0.25) is 0 Å². The van der Waals surface area contributed by atoms with Crippen LogP contribution in [0.3, 0.4) is 0 Å². The van der Waals surface area contributed by atoms with E-state index in [1.807, 2.05) is 0 Å². The minimum Gasteiger partial charge on any atom is -0.493 e. The van der Waals surface area contributed by atoms with Crippen molar-refractivity contribution in [2.75, 3.05) is 6.61 Å². The first-order valence-corrected chi connectivity index (χ1v) is 7.18. The number of ether oxygens (including phenoxy) is 1. The molecule has 1 nitrogen and oxygen atoms in total. The number of hydrogen-bond donors (Lipinski definition) is 0. The fourth-order valence-electron chi connectivity index (χ4n) is 2.15. The van der Waals surface area contributed by atoms with Crippen molar-refractivity contribution in [3.05, 3.63) is 42.0 Å². The molecule has 0 aromatic heterocycles. The first-order valence-electron chi connectivity index (χ1n) is 7.18. The average molecular weight is 256 g/mol. The van der Waals surface area contributed by atoms with Gasteiger partial charge in [-0.15, -0.1) is 0 Å². The number of benzene rings is 2. The van der Waals surface area contributed by atoms with Gasteiger partial charge in [0, 0.05) is 5.39 Å². The zero-order valence-electron chi connectivity index (χ0n) is 12.5. The molecule has 0 bridgehead atoms. The third-order valence-electron chi connectivity index (χ3n) is 3.45. The third kappa shape index (κ3) is 3.28.